The Morgan fingerprint density at radius 1 is 1.47 bits per heavy atom. The maximum Gasteiger partial charge on any atom is 0.244 e. The number of aromatic hydroxyl groups is 1. The van der Waals surface area contributed by atoms with Crippen molar-refractivity contribution in [1.29, 1.82) is 5.26 Å². The number of carbonyl (C=O) groups excluding carboxylic acids is 1. The molecule has 0 bridgehead atoms. The first-order valence-corrected chi connectivity index (χ1v) is 5.59. The number of anilines is 1. The van der Waals surface area contributed by atoms with Crippen molar-refractivity contribution >= 4 is 11.6 Å². The Labute approximate surface area is 101 Å². The summed E-state index contributed by atoms with van der Waals surface area (Å²) < 4.78 is 0. The third-order valence-corrected chi connectivity index (χ3v) is 2.96. The number of amides is 1. The number of phenols is 1. The van der Waals surface area contributed by atoms with Crippen LogP contribution in [0.5, 0.6) is 5.75 Å². The number of carbonyl (C=O) groups is 1. The van der Waals surface area contributed by atoms with Gasteiger partial charge in [-0.15, -0.1) is 0 Å². The molecule has 4 nitrogen and oxygen atoms in total. The fourth-order valence-electron chi connectivity index (χ4n) is 1.61. The monoisotopic (exact) mass is 232 g/mol. The molecule has 0 unspecified atom stereocenters. The van der Waals surface area contributed by atoms with Gasteiger partial charge < -0.3 is 10.4 Å². The van der Waals surface area contributed by atoms with E-state index in [2.05, 4.69) is 11.4 Å². The van der Waals surface area contributed by atoms with Crippen LogP contribution in [-0.2, 0) is 4.79 Å². The molecule has 0 fully saturated rings. The molecule has 0 aliphatic rings. The maximum atomic E-state index is 12.0. The molecule has 2 N–H and O–H groups in total. The van der Waals surface area contributed by atoms with Gasteiger partial charge in [0.15, 0.2) is 0 Å². The molecule has 0 aliphatic heterocycles. The number of phenolic OH excluding ortho intramolecular Hbond substituents is 1. The first-order chi connectivity index (χ1) is 8.07. The lowest BCUT2D eigenvalue weighted by Gasteiger charge is -2.22. The third-order valence-electron chi connectivity index (χ3n) is 2.96. The number of nitrogens with one attached hydrogen (secondary N) is 1. The van der Waals surface area contributed by atoms with E-state index >= 15 is 0 Å². The van der Waals surface area contributed by atoms with Crippen LogP contribution in [0, 0.1) is 16.7 Å². The molecule has 90 valence electrons. The number of rotatable bonds is 4. The standard InChI is InChI=1S/C13H16N2O2/c1-3-13(4-2,9-14)12(17)15-10-6-5-7-11(16)8-10/h5-8,16H,3-4H2,1-2H3,(H,15,17). The molecule has 4 heteroatoms. The Bertz CT molecular complexity index is 445. The van der Waals surface area contributed by atoms with Crippen LogP contribution < -0.4 is 5.32 Å². The van der Waals surface area contributed by atoms with E-state index in [1.165, 1.54) is 12.1 Å². The quantitative estimate of drug-likeness (QED) is 0.838. The van der Waals surface area contributed by atoms with Gasteiger partial charge in [0.25, 0.3) is 0 Å². The Morgan fingerprint density at radius 2 is 2.12 bits per heavy atom. The van der Waals surface area contributed by atoms with E-state index in [1.54, 1.807) is 12.1 Å². The molecule has 0 radical (unpaired) electrons. The molecule has 1 aromatic rings. The predicted octanol–water partition coefficient (Wildman–Crippen LogP) is 2.66. The molecule has 0 heterocycles. The van der Waals surface area contributed by atoms with Crippen LogP contribution in [0.2, 0.25) is 0 Å². The van der Waals surface area contributed by atoms with Crippen LogP contribution in [0.15, 0.2) is 24.3 Å². The predicted molar refractivity (Wildman–Crippen MR) is 65.4 cm³/mol. The molecule has 0 saturated carbocycles. The van der Waals surface area contributed by atoms with Crippen LogP contribution in [0.1, 0.15) is 26.7 Å². The average molecular weight is 232 g/mol. The largest absolute Gasteiger partial charge is 0.508 e. The lowest BCUT2D eigenvalue weighted by atomic mass is 9.83. The molecular weight excluding hydrogens is 216 g/mol. The summed E-state index contributed by atoms with van der Waals surface area (Å²) in [5.41, 5.74) is -0.498. The van der Waals surface area contributed by atoms with Gasteiger partial charge in [-0.1, -0.05) is 19.9 Å². The number of nitriles is 1. The van der Waals surface area contributed by atoms with Gasteiger partial charge in [-0.05, 0) is 25.0 Å². The van der Waals surface area contributed by atoms with Crippen molar-refractivity contribution in [2.75, 3.05) is 5.32 Å². The second-order valence-corrected chi connectivity index (χ2v) is 3.91. The minimum absolute atomic E-state index is 0.0818. The first-order valence-electron chi connectivity index (χ1n) is 5.59. The second-order valence-electron chi connectivity index (χ2n) is 3.91. The first kappa shape index (κ1) is 13.0. The summed E-state index contributed by atoms with van der Waals surface area (Å²) in [6, 6.07) is 8.35. The smallest absolute Gasteiger partial charge is 0.244 e. The summed E-state index contributed by atoms with van der Waals surface area (Å²) >= 11 is 0. The van der Waals surface area contributed by atoms with Gasteiger partial charge in [-0.25, -0.2) is 0 Å². The highest BCUT2D eigenvalue weighted by molar-refractivity contribution is 5.97. The number of nitrogens with zero attached hydrogens (tertiary/aromatic N) is 1. The molecule has 1 rings (SSSR count). The normalized spacial score (nSPS) is 10.6. The Kier molecular flexibility index (Phi) is 4.11. The van der Waals surface area contributed by atoms with E-state index in [9.17, 15) is 9.90 Å². The van der Waals surface area contributed by atoms with Crippen LogP contribution in [0.25, 0.3) is 0 Å². The van der Waals surface area contributed by atoms with Gasteiger partial charge in [-0.3, -0.25) is 4.79 Å². The summed E-state index contributed by atoms with van der Waals surface area (Å²) in [7, 11) is 0. The molecule has 0 aliphatic carbocycles. The zero-order chi connectivity index (χ0) is 12.9. The topological polar surface area (TPSA) is 73.1 Å². The second kappa shape index (κ2) is 5.35. The van der Waals surface area contributed by atoms with E-state index < -0.39 is 5.41 Å². The highest BCUT2D eigenvalue weighted by Crippen LogP contribution is 2.27. The molecule has 0 aromatic heterocycles. The minimum atomic E-state index is -0.995. The maximum absolute atomic E-state index is 12.0. The fraction of sp³-hybridized carbons (Fsp3) is 0.385. The lowest BCUT2D eigenvalue weighted by Crippen LogP contribution is -2.33. The van der Waals surface area contributed by atoms with E-state index in [4.69, 9.17) is 5.26 Å². The summed E-state index contributed by atoms with van der Waals surface area (Å²) in [5, 5.41) is 21.1. The Morgan fingerprint density at radius 3 is 2.59 bits per heavy atom. The van der Waals surface area contributed by atoms with Gasteiger partial charge >= 0.3 is 0 Å². The van der Waals surface area contributed by atoms with E-state index in [1.807, 2.05) is 13.8 Å². The van der Waals surface area contributed by atoms with E-state index in [0.717, 1.165) is 0 Å². The van der Waals surface area contributed by atoms with Gasteiger partial charge in [-0.2, -0.15) is 5.26 Å². The van der Waals surface area contributed by atoms with Crippen LogP contribution >= 0.6 is 0 Å². The zero-order valence-electron chi connectivity index (χ0n) is 10.0. The molecule has 0 saturated heterocycles. The Balaban J connectivity index is 2.89. The van der Waals surface area contributed by atoms with Crippen LogP contribution in [-0.4, -0.2) is 11.0 Å². The van der Waals surface area contributed by atoms with E-state index in [-0.39, 0.29) is 11.7 Å². The molecule has 0 atom stereocenters. The van der Waals surface area contributed by atoms with Crippen LogP contribution in [0.3, 0.4) is 0 Å². The lowest BCUT2D eigenvalue weighted by molar-refractivity contribution is -0.123. The molecule has 1 amide bonds. The molecule has 17 heavy (non-hydrogen) atoms. The van der Waals surface area contributed by atoms with Crippen molar-refractivity contribution in [2.24, 2.45) is 5.41 Å². The van der Waals surface area contributed by atoms with E-state index in [0.29, 0.717) is 18.5 Å². The third kappa shape index (κ3) is 2.76. The van der Waals surface area contributed by atoms with Gasteiger partial charge in [0.05, 0.1) is 6.07 Å². The Hall–Kier alpha value is -2.02. The van der Waals surface area contributed by atoms with Crippen LogP contribution in [0.4, 0.5) is 5.69 Å². The highest BCUT2D eigenvalue weighted by Gasteiger charge is 2.34. The van der Waals surface area contributed by atoms with Crippen molar-refractivity contribution < 1.29 is 9.90 Å². The SMILES string of the molecule is CCC(C#N)(CC)C(=O)Nc1cccc(O)c1. The minimum Gasteiger partial charge on any atom is -0.508 e. The molecular formula is C13H16N2O2. The van der Waals surface area contributed by atoms with Crippen molar-refractivity contribution in [3.05, 3.63) is 24.3 Å². The van der Waals surface area contributed by atoms with Gasteiger partial charge in [0.1, 0.15) is 11.2 Å². The van der Waals surface area contributed by atoms with Crippen molar-refractivity contribution in [2.45, 2.75) is 26.7 Å². The van der Waals surface area contributed by atoms with Crippen molar-refractivity contribution in [3.8, 4) is 11.8 Å². The average Bonchev–Trinajstić information content (AvgIpc) is 2.32. The summed E-state index contributed by atoms with van der Waals surface area (Å²) in [6.07, 6.45) is 0.926. The van der Waals surface area contributed by atoms with Crippen molar-refractivity contribution in [1.82, 2.24) is 0 Å². The number of hydrogen-bond acceptors (Lipinski definition) is 3. The number of benzene rings is 1. The zero-order valence-corrected chi connectivity index (χ0v) is 10.0. The summed E-state index contributed by atoms with van der Waals surface area (Å²) in [5.74, 6) is -0.242. The molecule has 0 spiro atoms. The fourth-order valence-corrected chi connectivity index (χ4v) is 1.61. The number of hydrogen-bond donors (Lipinski definition) is 2. The molecule has 1 aromatic carbocycles. The van der Waals surface area contributed by atoms with Gasteiger partial charge in [0.2, 0.25) is 5.91 Å². The van der Waals surface area contributed by atoms with Crippen molar-refractivity contribution in [3.63, 3.8) is 0 Å². The summed E-state index contributed by atoms with van der Waals surface area (Å²) in [4.78, 5) is 12.0. The summed E-state index contributed by atoms with van der Waals surface area (Å²) in [6.45, 7) is 3.63. The van der Waals surface area contributed by atoms with Gasteiger partial charge in [0, 0.05) is 11.8 Å². The highest BCUT2D eigenvalue weighted by atomic mass is 16.3.